The van der Waals surface area contributed by atoms with Gasteiger partial charge in [0.15, 0.2) is 6.54 Å². The van der Waals surface area contributed by atoms with Gasteiger partial charge in [-0.05, 0) is 48.6 Å². The Morgan fingerprint density at radius 3 is 2.12 bits per heavy atom. The Balaban J connectivity index is 1.97. The van der Waals surface area contributed by atoms with Crippen LogP contribution in [-0.2, 0) is 17.4 Å². The molecule has 0 spiro atoms. The van der Waals surface area contributed by atoms with Crippen molar-refractivity contribution in [2.24, 2.45) is 0 Å². The first kappa shape index (κ1) is 17.6. The Kier molecular flexibility index (Phi) is 4.18. The Morgan fingerprint density at radius 1 is 0.880 bits per heavy atom. The van der Waals surface area contributed by atoms with Gasteiger partial charge in [0, 0.05) is 17.5 Å². The van der Waals surface area contributed by atoms with Crippen molar-refractivity contribution in [2.75, 3.05) is 0 Å². The molecule has 0 atom stereocenters. The molecule has 4 heteroatoms. The van der Waals surface area contributed by atoms with Gasteiger partial charge in [0.1, 0.15) is 11.6 Å². The zero-order chi connectivity index (χ0) is 18.4. The van der Waals surface area contributed by atoms with Crippen LogP contribution in [0.15, 0.2) is 47.2 Å². The number of benzene rings is 2. The van der Waals surface area contributed by atoms with Crippen molar-refractivity contribution in [3.05, 3.63) is 65.6 Å². The summed E-state index contributed by atoms with van der Waals surface area (Å²) < 4.78 is 34.9. The molecule has 0 radical (unpaired) electrons. The molecule has 1 heterocycles. The lowest BCUT2D eigenvalue weighted by molar-refractivity contribution is -0.683. The van der Waals surface area contributed by atoms with Crippen LogP contribution in [0.25, 0.3) is 11.1 Å². The first-order valence-electron chi connectivity index (χ1n) is 8.44. The highest BCUT2D eigenvalue weighted by atomic mass is 19.1. The zero-order valence-electron chi connectivity index (χ0n) is 15.4. The molecule has 2 aromatic carbocycles. The Morgan fingerprint density at radius 2 is 1.52 bits per heavy atom. The predicted molar refractivity (Wildman–Crippen MR) is 94.5 cm³/mol. The third-order valence-corrected chi connectivity index (χ3v) is 4.65. The average molecular weight is 344 g/mol. The molecule has 0 saturated carbocycles. The Hall–Kier alpha value is -2.23. The van der Waals surface area contributed by atoms with E-state index in [4.69, 9.17) is 4.42 Å². The number of nitrogens with zero attached hydrogens (tertiary/aromatic N) is 1. The quantitative estimate of drug-likeness (QED) is 0.591. The van der Waals surface area contributed by atoms with E-state index in [2.05, 4.69) is 32.9 Å². The number of oxazole rings is 1. The zero-order valence-corrected chi connectivity index (χ0v) is 15.4. The normalized spacial score (nSPS) is 12.8. The second-order valence-electron chi connectivity index (χ2n) is 8.33. The molecule has 3 aromatic rings. The van der Waals surface area contributed by atoms with Crippen molar-refractivity contribution in [1.82, 2.24) is 0 Å². The molecule has 1 aromatic heterocycles. The van der Waals surface area contributed by atoms with E-state index >= 15 is 0 Å². The van der Waals surface area contributed by atoms with E-state index in [1.807, 2.05) is 24.5 Å². The third kappa shape index (κ3) is 3.58. The lowest BCUT2D eigenvalue weighted by Gasteiger charge is -2.21. The third-order valence-electron chi connectivity index (χ3n) is 4.65. The number of hydrogen-bond acceptors (Lipinski definition) is 1. The molecule has 3 rings (SSSR count). The Labute approximate surface area is 147 Å². The van der Waals surface area contributed by atoms with Gasteiger partial charge in [-0.15, -0.1) is 0 Å². The maximum atomic E-state index is 13.6. The van der Waals surface area contributed by atoms with Gasteiger partial charge in [0.05, 0.1) is 0 Å². The van der Waals surface area contributed by atoms with Crippen LogP contribution in [0.3, 0.4) is 0 Å². The highest BCUT2D eigenvalue weighted by Gasteiger charge is 2.30. The number of halogens is 2. The molecular weight excluding hydrogens is 320 g/mol. The van der Waals surface area contributed by atoms with Gasteiger partial charge in [-0.2, -0.15) is 4.57 Å². The maximum absolute atomic E-state index is 13.6. The van der Waals surface area contributed by atoms with Crippen molar-refractivity contribution in [3.63, 3.8) is 0 Å². The van der Waals surface area contributed by atoms with E-state index < -0.39 is 17.0 Å². The minimum atomic E-state index is -0.556. The van der Waals surface area contributed by atoms with E-state index in [0.717, 1.165) is 17.2 Å². The molecule has 132 valence electrons. The van der Waals surface area contributed by atoms with Gasteiger partial charge in [-0.1, -0.05) is 26.8 Å². The van der Waals surface area contributed by atoms with Gasteiger partial charge in [-0.3, -0.25) is 0 Å². The molecule has 2 nitrogen and oxygen atoms in total. The second-order valence-corrected chi connectivity index (χ2v) is 8.33. The average Bonchev–Trinajstić information content (AvgIpc) is 2.87. The van der Waals surface area contributed by atoms with Crippen LogP contribution < -0.4 is 4.57 Å². The molecule has 25 heavy (non-hydrogen) atoms. The molecule has 0 fully saturated rings. The van der Waals surface area contributed by atoms with Crippen LogP contribution in [0, 0.1) is 11.6 Å². The van der Waals surface area contributed by atoms with Gasteiger partial charge >= 0.3 is 6.39 Å². The maximum Gasteiger partial charge on any atom is 0.335 e. The highest BCUT2D eigenvalue weighted by Crippen LogP contribution is 2.28. The van der Waals surface area contributed by atoms with Crippen molar-refractivity contribution >= 4 is 11.1 Å². The number of hydrogen-bond donors (Lipinski definition) is 0. The van der Waals surface area contributed by atoms with Gasteiger partial charge < -0.3 is 4.42 Å². The van der Waals surface area contributed by atoms with Crippen molar-refractivity contribution in [2.45, 2.75) is 52.0 Å². The molecule has 0 N–H and O–H groups in total. The SMILES string of the molecule is CC(C)(C)c1ccc2c(c1)oc[n+]2CC(C)(C)c1cc(F)cc(F)c1. The lowest BCUT2D eigenvalue weighted by atomic mass is 9.84. The fourth-order valence-electron chi connectivity index (χ4n) is 3.07. The fraction of sp³-hybridized carbons (Fsp3) is 0.381. The smallest absolute Gasteiger partial charge is 0.335 e. The predicted octanol–water partition coefficient (Wildman–Crippen LogP) is 5.27. The summed E-state index contributed by atoms with van der Waals surface area (Å²) in [5.41, 5.74) is 3.20. The summed E-state index contributed by atoms with van der Waals surface area (Å²) in [6, 6.07) is 9.88. The highest BCUT2D eigenvalue weighted by molar-refractivity contribution is 5.70. The molecule has 0 aliphatic heterocycles. The summed E-state index contributed by atoms with van der Waals surface area (Å²) in [4.78, 5) is 0. The van der Waals surface area contributed by atoms with Gasteiger partial charge in [0.2, 0.25) is 5.58 Å². The van der Waals surface area contributed by atoms with Crippen molar-refractivity contribution in [3.8, 4) is 0 Å². The summed E-state index contributed by atoms with van der Waals surface area (Å²) in [5, 5.41) is 0. The van der Waals surface area contributed by atoms with Crippen molar-refractivity contribution < 1.29 is 17.8 Å². The second kappa shape index (κ2) is 5.94. The number of rotatable bonds is 3. The monoisotopic (exact) mass is 344 g/mol. The Bertz CT molecular complexity index is 899. The molecule has 0 aliphatic carbocycles. The summed E-state index contributed by atoms with van der Waals surface area (Å²) in [6.45, 7) is 11.0. The molecule has 0 amide bonds. The largest absolute Gasteiger partial charge is 0.404 e. The molecule has 0 bridgehead atoms. The van der Waals surface area contributed by atoms with Crippen LogP contribution in [-0.4, -0.2) is 0 Å². The minimum Gasteiger partial charge on any atom is -0.404 e. The first-order valence-corrected chi connectivity index (χ1v) is 8.44. The summed E-state index contributed by atoms with van der Waals surface area (Å²) in [5.74, 6) is -1.11. The van der Waals surface area contributed by atoms with Gasteiger partial charge in [0.25, 0.3) is 5.52 Å². The van der Waals surface area contributed by atoms with E-state index in [9.17, 15) is 8.78 Å². The van der Waals surface area contributed by atoms with Gasteiger partial charge in [-0.25, -0.2) is 8.78 Å². The standard InChI is InChI=1S/C21H24F2NO/c1-20(2,3)14-6-7-18-19(10-14)25-13-24(18)12-21(4,5)15-8-16(22)11-17(23)9-15/h6-11,13H,12H2,1-5H3/q+1. The van der Waals surface area contributed by atoms with Crippen LogP contribution in [0.1, 0.15) is 45.7 Å². The van der Waals surface area contributed by atoms with Crippen LogP contribution in [0.2, 0.25) is 0 Å². The topological polar surface area (TPSA) is 17.0 Å². The van der Waals surface area contributed by atoms with E-state index in [1.54, 1.807) is 6.39 Å². The van der Waals surface area contributed by atoms with Crippen LogP contribution in [0.5, 0.6) is 0 Å². The minimum absolute atomic E-state index is 0.0458. The molecule has 0 aliphatic rings. The van der Waals surface area contributed by atoms with Crippen LogP contribution >= 0.6 is 0 Å². The summed E-state index contributed by atoms with van der Waals surface area (Å²) >= 11 is 0. The summed E-state index contributed by atoms with van der Waals surface area (Å²) in [7, 11) is 0. The lowest BCUT2D eigenvalue weighted by Crippen LogP contribution is -2.42. The van der Waals surface area contributed by atoms with Crippen molar-refractivity contribution in [1.29, 1.82) is 0 Å². The number of fused-ring (bicyclic) bond motifs is 1. The molecular formula is C21H24F2NO+. The van der Waals surface area contributed by atoms with Crippen LogP contribution in [0.4, 0.5) is 8.78 Å². The number of aromatic nitrogens is 1. The van der Waals surface area contributed by atoms with E-state index in [-0.39, 0.29) is 5.41 Å². The fourth-order valence-corrected chi connectivity index (χ4v) is 3.07. The summed E-state index contributed by atoms with van der Waals surface area (Å²) in [6.07, 6.45) is 1.68. The van der Waals surface area contributed by atoms with E-state index in [1.165, 1.54) is 17.7 Å². The molecule has 0 unspecified atom stereocenters. The molecule has 0 saturated heterocycles. The first-order chi connectivity index (χ1) is 11.6. The van der Waals surface area contributed by atoms with E-state index in [0.29, 0.717) is 12.1 Å².